The summed E-state index contributed by atoms with van der Waals surface area (Å²) in [5.41, 5.74) is 3.56. The monoisotopic (exact) mass is 335 g/mol. The number of anilines is 1. The van der Waals surface area contributed by atoms with Crippen LogP contribution in [-0.2, 0) is 0 Å². The summed E-state index contributed by atoms with van der Waals surface area (Å²) in [7, 11) is 0. The van der Waals surface area contributed by atoms with E-state index < -0.39 is 0 Å². The Kier molecular flexibility index (Phi) is 4.65. The van der Waals surface area contributed by atoms with Gasteiger partial charge in [0.2, 0.25) is 0 Å². The Morgan fingerprint density at radius 3 is 2.85 bits per heavy atom. The molecule has 2 heterocycles. The number of nitrogens with zero attached hydrogens (tertiary/aromatic N) is 2. The highest BCUT2D eigenvalue weighted by molar-refractivity contribution is 9.10. The Bertz CT molecular complexity index is 605. The number of halogens is 1. The highest BCUT2D eigenvalue weighted by atomic mass is 79.9. The van der Waals surface area contributed by atoms with Crippen LogP contribution < -0.4 is 16.6 Å². The van der Waals surface area contributed by atoms with Crippen molar-refractivity contribution in [2.75, 3.05) is 5.43 Å². The number of carbonyl (C=O) groups excluding carboxylic acids is 1. The van der Waals surface area contributed by atoms with E-state index in [-0.39, 0.29) is 11.9 Å². The van der Waals surface area contributed by atoms with E-state index in [1.807, 2.05) is 25.1 Å². The normalized spacial score (nSPS) is 11.8. The Labute approximate surface area is 124 Å². The summed E-state index contributed by atoms with van der Waals surface area (Å²) in [6.45, 7) is 1.86. The standard InChI is InChI=1S/C13H14BrN5O/c1-8(11-4-2-3-5-16-11)18-13(20)10-6-9(14)7-17-12(10)19-15/h2-8H,15H2,1H3,(H,17,19)(H,18,20). The van der Waals surface area contributed by atoms with E-state index in [1.54, 1.807) is 18.5 Å². The smallest absolute Gasteiger partial charge is 0.255 e. The quantitative estimate of drug-likeness (QED) is 0.587. The van der Waals surface area contributed by atoms with Gasteiger partial charge in [-0.2, -0.15) is 0 Å². The van der Waals surface area contributed by atoms with E-state index >= 15 is 0 Å². The van der Waals surface area contributed by atoms with Crippen LogP contribution >= 0.6 is 15.9 Å². The SMILES string of the molecule is CC(NC(=O)c1cc(Br)cnc1NN)c1ccccn1. The molecule has 6 nitrogen and oxygen atoms in total. The van der Waals surface area contributed by atoms with E-state index in [9.17, 15) is 4.79 Å². The van der Waals surface area contributed by atoms with Gasteiger partial charge in [-0.3, -0.25) is 9.78 Å². The molecular formula is C13H14BrN5O. The second kappa shape index (κ2) is 6.44. The summed E-state index contributed by atoms with van der Waals surface area (Å²) in [4.78, 5) is 20.5. The molecule has 1 atom stereocenters. The van der Waals surface area contributed by atoms with Crippen molar-refractivity contribution in [3.8, 4) is 0 Å². The number of nitrogens with two attached hydrogens (primary N) is 1. The maximum atomic E-state index is 12.3. The van der Waals surface area contributed by atoms with Gasteiger partial charge in [0.15, 0.2) is 5.82 Å². The Morgan fingerprint density at radius 1 is 1.40 bits per heavy atom. The Morgan fingerprint density at radius 2 is 2.20 bits per heavy atom. The molecule has 0 aliphatic rings. The fourth-order valence-electron chi connectivity index (χ4n) is 1.71. The zero-order chi connectivity index (χ0) is 14.5. The van der Waals surface area contributed by atoms with Gasteiger partial charge in [0.05, 0.1) is 17.3 Å². The minimum Gasteiger partial charge on any atom is -0.344 e. The first-order valence-electron chi connectivity index (χ1n) is 5.95. The second-order valence-electron chi connectivity index (χ2n) is 4.14. The average molecular weight is 336 g/mol. The summed E-state index contributed by atoms with van der Waals surface area (Å²) in [6, 6.07) is 6.99. The van der Waals surface area contributed by atoms with Gasteiger partial charge in [-0.05, 0) is 41.1 Å². The molecule has 1 amide bonds. The number of hydrogen-bond acceptors (Lipinski definition) is 5. The van der Waals surface area contributed by atoms with Crippen molar-refractivity contribution < 1.29 is 4.79 Å². The zero-order valence-corrected chi connectivity index (χ0v) is 12.4. The van der Waals surface area contributed by atoms with Crippen LogP contribution in [0.2, 0.25) is 0 Å². The maximum absolute atomic E-state index is 12.3. The molecule has 2 aromatic heterocycles. The molecule has 2 rings (SSSR count). The number of rotatable bonds is 4. The summed E-state index contributed by atoms with van der Waals surface area (Å²) in [5.74, 6) is 5.41. The number of nitrogens with one attached hydrogen (secondary N) is 2. The first-order chi connectivity index (χ1) is 9.61. The number of nitrogen functional groups attached to an aromatic ring is 1. The summed E-state index contributed by atoms with van der Waals surface area (Å²) in [5, 5.41) is 2.86. The van der Waals surface area contributed by atoms with Gasteiger partial charge in [-0.1, -0.05) is 6.07 Å². The minimum absolute atomic E-state index is 0.215. The molecule has 20 heavy (non-hydrogen) atoms. The van der Waals surface area contributed by atoms with Crippen molar-refractivity contribution in [3.05, 3.63) is 52.4 Å². The van der Waals surface area contributed by atoms with E-state index in [0.717, 1.165) is 5.69 Å². The van der Waals surface area contributed by atoms with Crippen molar-refractivity contribution in [2.45, 2.75) is 13.0 Å². The topological polar surface area (TPSA) is 92.9 Å². The molecule has 0 aromatic carbocycles. The molecule has 7 heteroatoms. The van der Waals surface area contributed by atoms with Crippen molar-refractivity contribution in [1.29, 1.82) is 0 Å². The van der Waals surface area contributed by atoms with Crippen molar-refractivity contribution >= 4 is 27.7 Å². The van der Waals surface area contributed by atoms with E-state index in [4.69, 9.17) is 5.84 Å². The van der Waals surface area contributed by atoms with Gasteiger partial charge in [0, 0.05) is 16.9 Å². The minimum atomic E-state index is -0.273. The van der Waals surface area contributed by atoms with Gasteiger partial charge >= 0.3 is 0 Å². The van der Waals surface area contributed by atoms with Crippen LogP contribution in [0, 0.1) is 0 Å². The van der Waals surface area contributed by atoms with Crippen LogP contribution in [0.3, 0.4) is 0 Å². The van der Waals surface area contributed by atoms with Gasteiger partial charge < -0.3 is 10.7 Å². The fourth-order valence-corrected chi connectivity index (χ4v) is 2.04. The molecule has 0 spiro atoms. The lowest BCUT2D eigenvalue weighted by molar-refractivity contribution is 0.0939. The molecule has 0 aliphatic carbocycles. The van der Waals surface area contributed by atoms with Crippen LogP contribution in [0.15, 0.2) is 41.1 Å². The molecule has 2 aromatic rings. The first-order valence-corrected chi connectivity index (χ1v) is 6.75. The Balaban J connectivity index is 2.18. The van der Waals surface area contributed by atoms with Gasteiger partial charge in [-0.25, -0.2) is 10.8 Å². The maximum Gasteiger partial charge on any atom is 0.255 e. The third-order valence-electron chi connectivity index (χ3n) is 2.71. The first kappa shape index (κ1) is 14.4. The summed E-state index contributed by atoms with van der Waals surface area (Å²) in [6.07, 6.45) is 3.25. The predicted octanol–water partition coefficient (Wildman–Crippen LogP) is 2.02. The van der Waals surface area contributed by atoms with Crippen LogP contribution in [0.4, 0.5) is 5.82 Å². The van der Waals surface area contributed by atoms with Crippen LogP contribution in [0.25, 0.3) is 0 Å². The Hall–Kier alpha value is -1.99. The lowest BCUT2D eigenvalue weighted by Crippen LogP contribution is -2.28. The molecule has 0 saturated heterocycles. The lowest BCUT2D eigenvalue weighted by atomic mass is 10.2. The average Bonchev–Trinajstić information content (AvgIpc) is 2.48. The van der Waals surface area contributed by atoms with Crippen LogP contribution in [0.5, 0.6) is 0 Å². The molecule has 4 N–H and O–H groups in total. The molecule has 1 unspecified atom stereocenters. The van der Waals surface area contributed by atoms with Gasteiger partial charge in [0.25, 0.3) is 5.91 Å². The number of aromatic nitrogens is 2. The molecule has 0 radical (unpaired) electrons. The number of amides is 1. The van der Waals surface area contributed by atoms with Crippen molar-refractivity contribution in [2.24, 2.45) is 5.84 Å². The summed E-state index contributed by atoms with van der Waals surface area (Å²) < 4.78 is 0.701. The largest absolute Gasteiger partial charge is 0.344 e. The molecule has 0 bridgehead atoms. The predicted molar refractivity (Wildman–Crippen MR) is 79.9 cm³/mol. The molecule has 104 valence electrons. The zero-order valence-electron chi connectivity index (χ0n) is 10.8. The molecule has 0 fully saturated rings. The van der Waals surface area contributed by atoms with Gasteiger partial charge in [0.1, 0.15) is 0 Å². The van der Waals surface area contributed by atoms with Crippen LogP contribution in [0.1, 0.15) is 29.0 Å². The van der Waals surface area contributed by atoms with Crippen molar-refractivity contribution in [3.63, 3.8) is 0 Å². The second-order valence-corrected chi connectivity index (χ2v) is 5.06. The lowest BCUT2D eigenvalue weighted by Gasteiger charge is -2.14. The molecule has 0 aliphatic heterocycles. The van der Waals surface area contributed by atoms with Gasteiger partial charge in [-0.15, -0.1) is 0 Å². The third-order valence-corrected chi connectivity index (χ3v) is 3.15. The highest BCUT2D eigenvalue weighted by Crippen LogP contribution is 2.18. The highest BCUT2D eigenvalue weighted by Gasteiger charge is 2.16. The van der Waals surface area contributed by atoms with Crippen LogP contribution in [-0.4, -0.2) is 15.9 Å². The van der Waals surface area contributed by atoms with Crippen molar-refractivity contribution in [1.82, 2.24) is 15.3 Å². The fraction of sp³-hybridized carbons (Fsp3) is 0.154. The number of hydrogen-bond donors (Lipinski definition) is 3. The number of pyridine rings is 2. The van der Waals surface area contributed by atoms with E-state index in [0.29, 0.717) is 15.9 Å². The summed E-state index contributed by atoms with van der Waals surface area (Å²) >= 11 is 3.28. The number of carbonyl (C=O) groups is 1. The number of hydrazine groups is 1. The van der Waals surface area contributed by atoms with E-state index in [1.165, 1.54) is 0 Å². The molecular weight excluding hydrogens is 322 g/mol. The van der Waals surface area contributed by atoms with E-state index in [2.05, 4.69) is 36.6 Å². The molecule has 0 saturated carbocycles. The third kappa shape index (κ3) is 3.31.